The molecule has 0 radical (unpaired) electrons. The molecule has 0 amide bonds. The van der Waals surface area contributed by atoms with Gasteiger partial charge < -0.3 is 10.8 Å². The maximum atomic E-state index is 13.4. The minimum absolute atomic E-state index is 0.148. The number of rotatable bonds is 3. The molecule has 0 aromatic heterocycles. The number of nitrogens with two attached hydrogens (primary N) is 1. The van der Waals surface area contributed by atoms with Crippen LogP contribution in [0.1, 0.15) is 23.6 Å². The second kappa shape index (κ2) is 5.15. The number of hydrogen-bond acceptors (Lipinski definition) is 2. The molecule has 0 spiro atoms. The van der Waals surface area contributed by atoms with E-state index in [1.165, 1.54) is 0 Å². The fourth-order valence-electron chi connectivity index (χ4n) is 1.44. The predicted molar refractivity (Wildman–Crippen MR) is 49.9 cm³/mol. The first-order chi connectivity index (χ1) is 8.20. The molecule has 8 heteroatoms. The Bertz CT molecular complexity index is 445. The second-order valence-corrected chi connectivity index (χ2v) is 3.56. The van der Waals surface area contributed by atoms with Crippen molar-refractivity contribution in [3.8, 4) is 0 Å². The Kier molecular flexibility index (Phi) is 4.23. The maximum absolute atomic E-state index is 13.4. The number of aliphatic hydroxyl groups is 1. The number of hydrogen-bond donors (Lipinski definition) is 2. The molecule has 0 saturated carbocycles. The van der Waals surface area contributed by atoms with E-state index in [0.29, 0.717) is 0 Å². The van der Waals surface area contributed by atoms with E-state index in [1.54, 1.807) is 0 Å². The van der Waals surface area contributed by atoms with Gasteiger partial charge in [-0.15, -0.1) is 0 Å². The van der Waals surface area contributed by atoms with Crippen molar-refractivity contribution in [1.29, 1.82) is 0 Å². The standard InChI is InChI=1S/C10H9F6NO/c11-5-3-4(10(14,15)16)8(12)9(13)7(5)6(17)1-2-18/h3,6,18H,1-2,17H2. The number of benzene rings is 1. The second-order valence-electron chi connectivity index (χ2n) is 3.56. The van der Waals surface area contributed by atoms with E-state index in [1.807, 2.05) is 0 Å². The predicted octanol–water partition coefficient (Wildman–Crippen LogP) is 2.50. The van der Waals surface area contributed by atoms with Crippen LogP contribution < -0.4 is 5.73 Å². The van der Waals surface area contributed by atoms with Gasteiger partial charge in [-0.25, -0.2) is 13.2 Å². The molecular formula is C10H9F6NO. The van der Waals surface area contributed by atoms with Gasteiger partial charge in [-0.3, -0.25) is 0 Å². The molecule has 0 saturated heterocycles. The quantitative estimate of drug-likeness (QED) is 0.656. The minimum Gasteiger partial charge on any atom is -0.396 e. The molecule has 0 aliphatic heterocycles. The summed E-state index contributed by atoms with van der Waals surface area (Å²) in [6, 6.07) is -1.57. The Morgan fingerprint density at radius 3 is 2.17 bits per heavy atom. The highest BCUT2D eigenvalue weighted by molar-refractivity contribution is 5.31. The van der Waals surface area contributed by atoms with Crippen LogP contribution in [0.5, 0.6) is 0 Å². The normalized spacial score (nSPS) is 13.8. The zero-order chi connectivity index (χ0) is 14.1. The first-order valence-corrected chi connectivity index (χ1v) is 4.81. The lowest BCUT2D eigenvalue weighted by Gasteiger charge is -2.16. The van der Waals surface area contributed by atoms with E-state index < -0.39 is 47.4 Å². The average Bonchev–Trinajstić information content (AvgIpc) is 2.22. The van der Waals surface area contributed by atoms with E-state index in [-0.39, 0.29) is 12.5 Å². The fraction of sp³-hybridized carbons (Fsp3) is 0.400. The molecule has 1 unspecified atom stereocenters. The van der Waals surface area contributed by atoms with Gasteiger partial charge in [0.25, 0.3) is 0 Å². The molecular weight excluding hydrogens is 264 g/mol. The number of halogens is 6. The van der Waals surface area contributed by atoms with E-state index in [2.05, 4.69) is 0 Å². The van der Waals surface area contributed by atoms with Gasteiger partial charge in [0.15, 0.2) is 11.6 Å². The van der Waals surface area contributed by atoms with Gasteiger partial charge in [0, 0.05) is 18.2 Å². The van der Waals surface area contributed by atoms with Crippen LogP contribution >= 0.6 is 0 Å². The van der Waals surface area contributed by atoms with Gasteiger partial charge in [-0.2, -0.15) is 13.2 Å². The van der Waals surface area contributed by atoms with Crippen molar-refractivity contribution >= 4 is 0 Å². The maximum Gasteiger partial charge on any atom is 0.419 e. The van der Waals surface area contributed by atoms with Crippen molar-refractivity contribution in [2.75, 3.05) is 6.61 Å². The molecule has 0 aliphatic rings. The molecule has 1 aromatic carbocycles. The highest BCUT2D eigenvalue weighted by Gasteiger charge is 2.38. The number of aliphatic hydroxyl groups excluding tert-OH is 1. The summed E-state index contributed by atoms with van der Waals surface area (Å²) in [5, 5.41) is 8.53. The van der Waals surface area contributed by atoms with Crippen molar-refractivity contribution in [3.05, 3.63) is 34.6 Å². The van der Waals surface area contributed by atoms with Crippen LogP contribution in [0.4, 0.5) is 26.3 Å². The third-order valence-electron chi connectivity index (χ3n) is 2.31. The van der Waals surface area contributed by atoms with Crippen molar-refractivity contribution < 1.29 is 31.4 Å². The third kappa shape index (κ3) is 2.75. The van der Waals surface area contributed by atoms with Gasteiger partial charge >= 0.3 is 6.18 Å². The van der Waals surface area contributed by atoms with Crippen LogP contribution in [0.25, 0.3) is 0 Å². The van der Waals surface area contributed by atoms with E-state index in [9.17, 15) is 26.3 Å². The Morgan fingerprint density at radius 2 is 1.72 bits per heavy atom. The molecule has 3 N–H and O–H groups in total. The van der Waals surface area contributed by atoms with Crippen LogP contribution in [0, 0.1) is 17.5 Å². The van der Waals surface area contributed by atoms with Gasteiger partial charge in [0.2, 0.25) is 0 Å². The SMILES string of the molecule is NC(CCO)c1c(F)cc(C(F)(F)F)c(F)c1F. The molecule has 0 aliphatic carbocycles. The molecule has 2 nitrogen and oxygen atoms in total. The zero-order valence-electron chi connectivity index (χ0n) is 8.86. The van der Waals surface area contributed by atoms with Crippen molar-refractivity contribution in [3.63, 3.8) is 0 Å². The van der Waals surface area contributed by atoms with Gasteiger partial charge in [-0.05, 0) is 12.5 Å². The topological polar surface area (TPSA) is 46.2 Å². The van der Waals surface area contributed by atoms with Crippen LogP contribution in [-0.2, 0) is 6.18 Å². The molecule has 1 rings (SSSR count). The third-order valence-corrected chi connectivity index (χ3v) is 2.31. The van der Waals surface area contributed by atoms with Crippen molar-refractivity contribution in [2.45, 2.75) is 18.6 Å². The Balaban J connectivity index is 3.38. The largest absolute Gasteiger partial charge is 0.419 e. The first-order valence-electron chi connectivity index (χ1n) is 4.81. The Morgan fingerprint density at radius 1 is 1.17 bits per heavy atom. The van der Waals surface area contributed by atoms with Crippen LogP contribution in [-0.4, -0.2) is 11.7 Å². The Hall–Kier alpha value is -1.28. The summed E-state index contributed by atoms with van der Waals surface area (Å²) in [4.78, 5) is 0. The highest BCUT2D eigenvalue weighted by atomic mass is 19.4. The van der Waals surface area contributed by atoms with E-state index in [4.69, 9.17) is 10.8 Å². The lowest BCUT2D eigenvalue weighted by molar-refractivity contribution is -0.140. The first kappa shape index (κ1) is 14.8. The van der Waals surface area contributed by atoms with Gasteiger partial charge in [-0.1, -0.05) is 0 Å². The smallest absolute Gasteiger partial charge is 0.396 e. The molecule has 1 atom stereocenters. The lowest BCUT2D eigenvalue weighted by Crippen LogP contribution is -2.19. The molecule has 0 fully saturated rings. The van der Waals surface area contributed by atoms with Crippen molar-refractivity contribution in [1.82, 2.24) is 0 Å². The molecule has 102 valence electrons. The summed E-state index contributed by atoms with van der Waals surface area (Å²) < 4.78 is 76.6. The summed E-state index contributed by atoms with van der Waals surface area (Å²) in [6.07, 6.45) is -5.51. The Labute approximate surface area is 98.0 Å². The zero-order valence-corrected chi connectivity index (χ0v) is 8.86. The van der Waals surface area contributed by atoms with Crippen molar-refractivity contribution in [2.24, 2.45) is 5.73 Å². The number of alkyl halides is 3. The van der Waals surface area contributed by atoms with Crippen LogP contribution in [0.15, 0.2) is 6.07 Å². The summed E-state index contributed by atoms with van der Waals surface area (Å²) in [5.41, 5.74) is 2.21. The molecule has 18 heavy (non-hydrogen) atoms. The van der Waals surface area contributed by atoms with Crippen LogP contribution in [0.2, 0.25) is 0 Å². The summed E-state index contributed by atoms with van der Waals surface area (Å²) in [6.45, 7) is -0.539. The molecule has 1 aromatic rings. The summed E-state index contributed by atoms with van der Waals surface area (Å²) >= 11 is 0. The lowest BCUT2D eigenvalue weighted by atomic mass is 10.0. The van der Waals surface area contributed by atoms with Gasteiger partial charge in [0.05, 0.1) is 5.56 Å². The van der Waals surface area contributed by atoms with E-state index in [0.717, 1.165) is 0 Å². The highest BCUT2D eigenvalue weighted by Crippen LogP contribution is 2.35. The summed E-state index contributed by atoms with van der Waals surface area (Å²) in [7, 11) is 0. The fourth-order valence-corrected chi connectivity index (χ4v) is 1.44. The summed E-state index contributed by atoms with van der Waals surface area (Å²) in [5.74, 6) is -5.78. The monoisotopic (exact) mass is 273 g/mol. The average molecular weight is 273 g/mol. The van der Waals surface area contributed by atoms with E-state index >= 15 is 0 Å². The minimum atomic E-state index is -5.20. The van der Waals surface area contributed by atoms with Crippen LogP contribution in [0.3, 0.4) is 0 Å². The van der Waals surface area contributed by atoms with Gasteiger partial charge in [0.1, 0.15) is 5.82 Å². The molecule has 0 heterocycles. The molecule has 0 bridgehead atoms.